The molecule has 1 aliphatic rings. The Morgan fingerprint density at radius 1 is 1.09 bits per heavy atom. The second-order valence-electron chi connectivity index (χ2n) is 5.43. The number of carbonyl (C=O) groups is 1. The van der Waals surface area contributed by atoms with Crippen molar-refractivity contribution in [1.82, 2.24) is 4.90 Å². The van der Waals surface area contributed by atoms with Crippen molar-refractivity contribution in [2.45, 2.75) is 18.9 Å². The highest BCUT2D eigenvalue weighted by Gasteiger charge is 2.26. The second kappa shape index (κ2) is 6.60. The molecule has 1 atom stereocenters. The normalized spacial score (nSPS) is 18.0. The van der Waals surface area contributed by atoms with E-state index in [4.69, 9.17) is 4.74 Å². The molecule has 1 saturated heterocycles. The molecule has 22 heavy (non-hydrogen) atoms. The molecule has 2 aromatic rings. The van der Waals surface area contributed by atoms with Gasteiger partial charge in [0.05, 0.1) is 12.1 Å². The summed E-state index contributed by atoms with van der Waals surface area (Å²) in [6, 6.07) is 15.7. The van der Waals surface area contributed by atoms with E-state index in [2.05, 4.69) is 0 Å². The molecule has 0 aromatic heterocycles. The Bertz CT molecular complexity index is 645. The van der Waals surface area contributed by atoms with Gasteiger partial charge in [0, 0.05) is 6.54 Å². The fraction of sp³-hybridized carbons (Fsp3) is 0.278. The van der Waals surface area contributed by atoms with Gasteiger partial charge in [0.25, 0.3) is 5.91 Å². The van der Waals surface area contributed by atoms with Crippen LogP contribution in [0.15, 0.2) is 54.6 Å². The Kier molecular flexibility index (Phi) is 4.37. The van der Waals surface area contributed by atoms with Crippen LogP contribution >= 0.6 is 0 Å². The number of piperidine rings is 1. The van der Waals surface area contributed by atoms with E-state index in [9.17, 15) is 9.18 Å². The number of hydrogen-bond donors (Lipinski definition) is 0. The Balaban J connectivity index is 1.68. The van der Waals surface area contributed by atoms with Crippen molar-refractivity contribution in [2.75, 3.05) is 13.1 Å². The summed E-state index contributed by atoms with van der Waals surface area (Å²) in [5.74, 6) is 0.0609. The minimum atomic E-state index is -0.474. The van der Waals surface area contributed by atoms with E-state index in [0.29, 0.717) is 13.1 Å². The van der Waals surface area contributed by atoms with Gasteiger partial charge in [0.2, 0.25) is 0 Å². The third-order valence-electron chi connectivity index (χ3n) is 3.82. The summed E-state index contributed by atoms with van der Waals surface area (Å²) in [6.45, 7) is 1.13. The highest BCUT2D eigenvalue weighted by molar-refractivity contribution is 5.94. The number of rotatable bonds is 3. The van der Waals surface area contributed by atoms with Crippen LogP contribution in [0.25, 0.3) is 0 Å². The fourth-order valence-electron chi connectivity index (χ4n) is 2.72. The van der Waals surface area contributed by atoms with Crippen molar-refractivity contribution >= 4 is 5.91 Å². The van der Waals surface area contributed by atoms with Gasteiger partial charge in [-0.25, -0.2) is 4.39 Å². The number of amides is 1. The summed E-state index contributed by atoms with van der Waals surface area (Å²) in [4.78, 5) is 14.1. The highest BCUT2D eigenvalue weighted by Crippen LogP contribution is 2.20. The van der Waals surface area contributed by atoms with E-state index in [1.54, 1.807) is 17.0 Å². The average Bonchev–Trinajstić information content (AvgIpc) is 2.56. The molecule has 2 aromatic carbocycles. The molecular weight excluding hydrogens is 281 g/mol. The number of hydrogen-bond acceptors (Lipinski definition) is 2. The first kappa shape index (κ1) is 14.6. The third-order valence-corrected chi connectivity index (χ3v) is 3.82. The van der Waals surface area contributed by atoms with Gasteiger partial charge < -0.3 is 9.64 Å². The number of nitrogens with zero attached hydrogens (tertiary/aromatic N) is 1. The maximum absolute atomic E-state index is 13.8. The van der Waals surface area contributed by atoms with E-state index in [0.717, 1.165) is 18.6 Å². The molecule has 1 fully saturated rings. The third kappa shape index (κ3) is 3.27. The summed E-state index contributed by atoms with van der Waals surface area (Å²) in [7, 11) is 0. The van der Waals surface area contributed by atoms with Crippen LogP contribution < -0.4 is 4.74 Å². The van der Waals surface area contributed by atoms with Crippen molar-refractivity contribution in [2.24, 2.45) is 0 Å². The van der Waals surface area contributed by atoms with Crippen LogP contribution in [0, 0.1) is 5.82 Å². The molecule has 1 aliphatic heterocycles. The number of halogens is 1. The number of likely N-dealkylation sites (tertiary alicyclic amines) is 1. The molecule has 114 valence electrons. The molecule has 1 unspecified atom stereocenters. The largest absolute Gasteiger partial charge is 0.489 e. The van der Waals surface area contributed by atoms with Crippen LogP contribution in [-0.2, 0) is 0 Å². The SMILES string of the molecule is O=C(c1ccccc1F)N1CCCC(Oc2ccccc2)C1. The van der Waals surface area contributed by atoms with Crippen LogP contribution in [-0.4, -0.2) is 30.0 Å². The molecule has 3 rings (SSSR count). The van der Waals surface area contributed by atoms with E-state index < -0.39 is 5.82 Å². The maximum atomic E-state index is 13.8. The molecule has 0 N–H and O–H groups in total. The molecular formula is C18H18FNO2. The zero-order chi connectivity index (χ0) is 15.4. The van der Waals surface area contributed by atoms with Gasteiger partial charge >= 0.3 is 0 Å². The van der Waals surface area contributed by atoms with Crippen LogP contribution in [0.1, 0.15) is 23.2 Å². The predicted molar refractivity (Wildman–Crippen MR) is 82.4 cm³/mol. The zero-order valence-corrected chi connectivity index (χ0v) is 12.2. The molecule has 3 nitrogen and oxygen atoms in total. The van der Waals surface area contributed by atoms with Gasteiger partial charge in [-0.15, -0.1) is 0 Å². The van der Waals surface area contributed by atoms with Crippen molar-refractivity contribution in [1.29, 1.82) is 0 Å². The van der Waals surface area contributed by atoms with Crippen molar-refractivity contribution in [3.63, 3.8) is 0 Å². The van der Waals surface area contributed by atoms with Gasteiger partial charge in [0.1, 0.15) is 17.7 Å². The zero-order valence-electron chi connectivity index (χ0n) is 12.2. The van der Waals surface area contributed by atoms with Gasteiger partial charge in [-0.1, -0.05) is 30.3 Å². The first-order valence-electron chi connectivity index (χ1n) is 7.49. The van der Waals surface area contributed by atoms with Crippen molar-refractivity contribution in [3.05, 3.63) is 66.0 Å². The highest BCUT2D eigenvalue weighted by atomic mass is 19.1. The molecule has 4 heteroatoms. The minimum absolute atomic E-state index is 0.0492. The topological polar surface area (TPSA) is 29.5 Å². The lowest BCUT2D eigenvalue weighted by molar-refractivity contribution is 0.0534. The monoisotopic (exact) mass is 299 g/mol. The van der Waals surface area contributed by atoms with E-state index >= 15 is 0 Å². The standard InChI is InChI=1S/C18H18FNO2/c19-17-11-5-4-10-16(17)18(21)20-12-6-9-15(13-20)22-14-7-2-1-3-8-14/h1-5,7-8,10-11,15H,6,9,12-13H2. The number of benzene rings is 2. The smallest absolute Gasteiger partial charge is 0.256 e. The second-order valence-corrected chi connectivity index (χ2v) is 5.43. The minimum Gasteiger partial charge on any atom is -0.489 e. The fourth-order valence-corrected chi connectivity index (χ4v) is 2.72. The summed E-state index contributed by atoms with van der Waals surface area (Å²) in [5.41, 5.74) is 0.128. The summed E-state index contributed by atoms with van der Waals surface area (Å²) in [6.07, 6.45) is 1.71. The molecule has 0 saturated carbocycles. The Labute approximate surface area is 129 Å². The summed E-state index contributed by atoms with van der Waals surface area (Å²) in [5, 5.41) is 0. The van der Waals surface area contributed by atoms with Gasteiger partial charge in [-0.3, -0.25) is 4.79 Å². The lowest BCUT2D eigenvalue weighted by Crippen LogP contribution is -2.44. The molecule has 0 spiro atoms. The lowest BCUT2D eigenvalue weighted by atomic mass is 10.1. The van der Waals surface area contributed by atoms with E-state index in [-0.39, 0.29) is 17.6 Å². The van der Waals surface area contributed by atoms with Crippen molar-refractivity contribution < 1.29 is 13.9 Å². The number of para-hydroxylation sites is 1. The summed E-state index contributed by atoms with van der Waals surface area (Å²) >= 11 is 0. The molecule has 0 aliphatic carbocycles. The Hall–Kier alpha value is -2.36. The maximum Gasteiger partial charge on any atom is 0.256 e. The van der Waals surface area contributed by atoms with Crippen LogP contribution in [0.3, 0.4) is 0 Å². The van der Waals surface area contributed by atoms with E-state index in [1.165, 1.54) is 12.1 Å². The molecule has 1 heterocycles. The summed E-state index contributed by atoms with van der Waals surface area (Å²) < 4.78 is 19.7. The van der Waals surface area contributed by atoms with Crippen LogP contribution in [0.5, 0.6) is 5.75 Å². The van der Waals surface area contributed by atoms with E-state index in [1.807, 2.05) is 30.3 Å². The number of ether oxygens (including phenoxy) is 1. The number of carbonyl (C=O) groups excluding carboxylic acids is 1. The average molecular weight is 299 g/mol. The quantitative estimate of drug-likeness (QED) is 0.868. The predicted octanol–water partition coefficient (Wildman–Crippen LogP) is 3.51. The Morgan fingerprint density at radius 2 is 1.82 bits per heavy atom. The van der Waals surface area contributed by atoms with Gasteiger partial charge in [0.15, 0.2) is 0 Å². The first-order chi connectivity index (χ1) is 10.7. The van der Waals surface area contributed by atoms with Crippen LogP contribution in [0.4, 0.5) is 4.39 Å². The Morgan fingerprint density at radius 3 is 2.59 bits per heavy atom. The van der Waals surface area contributed by atoms with Gasteiger partial charge in [-0.05, 0) is 37.1 Å². The lowest BCUT2D eigenvalue weighted by Gasteiger charge is -2.33. The molecule has 0 bridgehead atoms. The first-order valence-corrected chi connectivity index (χ1v) is 7.49. The molecule has 0 radical (unpaired) electrons. The van der Waals surface area contributed by atoms with Crippen molar-refractivity contribution in [3.8, 4) is 5.75 Å². The van der Waals surface area contributed by atoms with Gasteiger partial charge in [-0.2, -0.15) is 0 Å². The molecule has 1 amide bonds. The van der Waals surface area contributed by atoms with Crippen LogP contribution in [0.2, 0.25) is 0 Å².